The fourth-order valence-electron chi connectivity index (χ4n) is 2.94. The minimum atomic E-state index is -0.777. The summed E-state index contributed by atoms with van der Waals surface area (Å²) in [6.45, 7) is 3.76. The van der Waals surface area contributed by atoms with Crippen LogP contribution in [-0.2, 0) is 0 Å². The number of carbonyl (C=O) groups excluding carboxylic acids is 1. The molecule has 0 bridgehead atoms. The minimum absolute atomic E-state index is 0.100. The van der Waals surface area contributed by atoms with Crippen LogP contribution in [0.1, 0.15) is 35.0 Å². The summed E-state index contributed by atoms with van der Waals surface area (Å²) in [6, 6.07) is 4.94. The topological polar surface area (TPSA) is 116 Å². The van der Waals surface area contributed by atoms with Gasteiger partial charge in [-0.25, -0.2) is 4.68 Å². The zero-order valence-corrected chi connectivity index (χ0v) is 14.0. The summed E-state index contributed by atoms with van der Waals surface area (Å²) in [5, 5.41) is 33.4. The highest BCUT2D eigenvalue weighted by atomic mass is 16.3. The van der Waals surface area contributed by atoms with Gasteiger partial charge in [-0.15, -0.1) is 5.10 Å². The molecular weight excluding hydrogens is 324 g/mol. The van der Waals surface area contributed by atoms with Crippen molar-refractivity contribution in [1.82, 2.24) is 30.4 Å². The smallest absolute Gasteiger partial charge is 0.251 e. The molecule has 1 aromatic carbocycles. The first-order valence-electron chi connectivity index (χ1n) is 8.26. The van der Waals surface area contributed by atoms with Crippen LogP contribution in [0.3, 0.4) is 0 Å². The Hall–Kier alpha value is -2.52. The Balaban J connectivity index is 1.47. The molecule has 9 heteroatoms. The van der Waals surface area contributed by atoms with Crippen molar-refractivity contribution in [2.75, 3.05) is 19.6 Å². The second-order valence-electron chi connectivity index (χ2n) is 6.32. The Kier molecular flexibility index (Phi) is 5.25. The van der Waals surface area contributed by atoms with E-state index in [1.807, 2.05) is 0 Å². The van der Waals surface area contributed by atoms with Crippen molar-refractivity contribution >= 4 is 5.91 Å². The van der Waals surface area contributed by atoms with Gasteiger partial charge in [-0.2, -0.15) is 0 Å². The molecule has 0 spiro atoms. The van der Waals surface area contributed by atoms with E-state index in [2.05, 4.69) is 25.7 Å². The molecule has 0 saturated carbocycles. The van der Waals surface area contributed by atoms with Crippen molar-refractivity contribution < 1.29 is 15.0 Å². The molecule has 0 radical (unpaired) electrons. The van der Waals surface area contributed by atoms with Gasteiger partial charge in [0.15, 0.2) is 6.23 Å². The second-order valence-corrected chi connectivity index (χ2v) is 6.32. The number of β-amino-alcohol motifs (C(OH)–C–C–N with tert-alkyl or cyclic N) is 1. The number of nitrogens with zero attached hydrogens (tertiary/aromatic N) is 5. The number of aryl methyl sites for hydroxylation is 1. The number of aliphatic hydroxyl groups is 1. The van der Waals surface area contributed by atoms with E-state index in [9.17, 15) is 15.0 Å². The molecule has 0 unspecified atom stereocenters. The molecule has 0 aliphatic carbocycles. The number of phenols is 1. The van der Waals surface area contributed by atoms with Crippen LogP contribution in [0.4, 0.5) is 0 Å². The van der Waals surface area contributed by atoms with Crippen molar-refractivity contribution in [2.45, 2.75) is 32.0 Å². The number of tetrazole rings is 1. The highest BCUT2D eigenvalue weighted by Gasteiger charge is 2.23. The number of nitrogens with one attached hydrogen (secondary N) is 1. The monoisotopic (exact) mass is 346 g/mol. The third-order valence-electron chi connectivity index (χ3n) is 4.47. The van der Waals surface area contributed by atoms with Crippen LogP contribution in [0.5, 0.6) is 5.75 Å². The fraction of sp³-hybridized carbons (Fsp3) is 0.500. The minimum Gasteiger partial charge on any atom is -0.508 e. The van der Waals surface area contributed by atoms with E-state index in [4.69, 9.17) is 0 Å². The van der Waals surface area contributed by atoms with Gasteiger partial charge < -0.3 is 15.5 Å². The number of hydrogen-bond donors (Lipinski definition) is 3. The Morgan fingerprint density at radius 2 is 2.16 bits per heavy atom. The number of phenolic OH excluding ortho intramolecular Hbond substituents is 1. The lowest BCUT2D eigenvalue weighted by Crippen LogP contribution is -2.46. The molecule has 2 heterocycles. The van der Waals surface area contributed by atoms with Gasteiger partial charge >= 0.3 is 0 Å². The van der Waals surface area contributed by atoms with E-state index in [0.717, 1.165) is 25.9 Å². The predicted octanol–water partition coefficient (Wildman–Crippen LogP) is 0.0724. The van der Waals surface area contributed by atoms with Crippen LogP contribution in [0, 0.1) is 6.92 Å². The van der Waals surface area contributed by atoms with E-state index in [1.54, 1.807) is 19.1 Å². The predicted molar refractivity (Wildman–Crippen MR) is 88.8 cm³/mol. The van der Waals surface area contributed by atoms with Crippen LogP contribution in [-0.4, -0.2) is 66.9 Å². The zero-order valence-electron chi connectivity index (χ0n) is 14.0. The fourth-order valence-corrected chi connectivity index (χ4v) is 2.94. The average Bonchev–Trinajstić information content (AvgIpc) is 3.14. The molecule has 25 heavy (non-hydrogen) atoms. The lowest BCUT2D eigenvalue weighted by atomic mass is 10.0. The molecule has 2 aromatic rings. The summed E-state index contributed by atoms with van der Waals surface area (Å²) in [7, 11) is 0. The van der Waals surface area contributed by atoms with Crippen molar-refractivity contribution in [3.63, 3.8) is 0 Å². The Bertz CT molecular complexity index is 713. The summed E-state index contributed by atoms with van der Waals surface area (Å²) < 4.78 is 1.32. The molecule has 134 valence electrons. The molecule has 1 atom stereocenters. The second kappa shape index (κ2) is 7.58. The number of aliphatic hydroxyl groups excluding tert-OH is 1. The average molecular weight is 346 g/mol. The van der Waals surface area contributed by atoms with Gasteiger partial charge in [-0.05, 0) is 54.0 Å². The number of aromatic nitrogens is 4. The molecule has 1 amide bonds. The number of amides is 1. The maximum Gasteiger partial charge on any atom is 0.251 e. The van der Waals surface area contributed by atoms with E-state index in [-0.39, 0.29) is 17.7 Å². The van der Waals surface area contributed by atoms with Crippen LogP contribution in [0.25, 0.3) is 0 Å². The number of carbonyl (C=O) groups is 1. The third-order valence-corrected chi connectivity index (χ3v) is 4.47. The van der Waals surface area contributed by atoms with Gasteiger partial charge in [0.1, 0.15) is 12.1 Å². The first kappa shape index (κ1) is 17.3. The van der Waals surface area contributed by atoms with Crippen molar-refractivity contribution in [3.05, 3.63) is 35.7 Å². The van der Waals surface area contributed by atoms with Crippen LogP contribution < -0.4 is 5.32 Å². The summed E-state index contributed by atoms with van der Waals surface area (Å²) >= 11 is 0. The number of hydrogen-bond acceptors (Lipinski definition) is 7. The maximum absolute atomic E-state index is 12.3. The van der Waals surface area contributed by atoms with Gasteiger partial charge in [0.25, 0.3) is 5.91 Å². The molecule has 1 saturated heterocycles. The van der Waals surface area contributed by atoms with Gasteiger partial charge in [0.05, 0.1) is 0 Å². The van der Waals surface area contributed by atoms with Crippen LogP contribution >= 0.6 is 0 Å². The molecule has 1 aliphatic heterocycles. The number of likely N-dealkylation sites (tertiary alicyclic amines) is 1. The summed E-state index contributed by atoms with van der Waals surface area (Å²) in [5.41, 5.74) is 1.23. The van der Waals surface area contributed by atoms with Gasteiger partial charge in [0.2, 0.25) is 0 Å². The molecule has 1 aliphatic rings. The molecule has 1 fully saturated rings. The first-order chi connectivity index (χ1) is 12.0. The van der Waals surface area contributed by atoms with Crippen molar-refractivity contribution in [3.8, 4) is 5.75 Å². The molecule has 9 nitrogen and oxygen atoms in total. The molecule has 3 rings (SSSR count). The molecule has 3 N–H and O–H groups in total. The van der Waals surface area contributed by atoms with Crippen molar-refractivity contribution in [1.29, 1.82) is 0 Å². The molecular formula is C16H22N6O3. The van der Waals surface area contributed by atoms with Gasteiger partial charge in [-0.3, -0.25) is 9.69 Å². The van der Waals surface area contributed by atoms with Gasteiger partial charge in [-0.1, -0.05) is 0 Å². The third kappa shape index (κ3) is 4.31. The largest absolute Gasteiger partial charge is 0.508 e. The first-order valence-corrected chi connectivity index (χ1v) is 8.26. The van der Waals surface area contributed by atoms with Crippen LogP contribution in [0.2, 0.25) is 0 Å². The summed E-state index contributed by atoms with van der Waals surface area (Å²) in [4.78, 5) is 14.4. The highest BCUT2D eigenvalue weighted by Crippen LogP contribution is 2.18. The van der Waals surface area contributed by atoms with Crippen molar-refractivity contribution in [2.24, 2.45) is 0 Å². The highest BCUT2D eigenvalue weighted by molar-refractivity contribution is 5.94. The Morgan fingerprint density at radius 1 is 1.40 bits per heavy atom. The van der Waals surface area contributed by atoms with E-state index in [1.165, 1.54) is 17.1 Å². The van der Waals surface area contributed by atoms with E-state index in [0.29, 0.717) is 17.7 Å². The van der Waals surface area contributed by atoms with Crippen LogP contribution in [0.15, 0.2) is 24.5 Å². The Labute approximate surface area is 145 Å². The van der Waals surface area contributed by atoms with E-state index < -0.39 is 6.23 Å². The maximum atomic E-state index is 12.3. The number of aromatic hydroxyl groups is 1. The normalized spacial score (nSPS) is 17.4. The lowest BCUT2D eigenvalue weighted by molar-refractivity contribution is 0.0350. The summed E-state index contributed by atoms with van der Waals surface area (Å²) in [6.07, 6.45) is 2.23. The molecule has 1 aromatic heterocycles. The zero-order chi connectivity index (χ0) is 17.8. The number of rotatable bonds is 5. The SMILES string of the molecule is Cc1cc(C(=O)NC2CCN(C[C@H](O)n3cnnn3)CC2)ccc1O. The number of benzene rings is 1. The number of piperidine rings is 1. The summed E-state index contributed by atoms with van der Waals surface area (Å²) in [5.74, 6) is 0.0567. The lowest BCUT2D eigenvalue weighted by Gasteiger charge is -2.33. The van der Waals surface area contributed by atoms with Gasteiger partial charge in [0, 0.05) is 31.2 Å². The quantitative estimate of drug-likeness (QED) is 0.701. The van der Waals surface area contributed by atoms with E-state index >= 15 is 0 Å². The Morgan fingerprint density at radius 3 is 2.80 bits per heavy atom. The standard InChI is InChI=1S/C16H22N6O3/c1-11-8-12(2-3-14(11)23)16(25)18-13-4-6-21(7-5-13)9-15(24)22-10-17-19-20-22/h2-3,8,10,13,15,23-24H,4-7,9H2,1H3,(H,18,25)/t15-/m0/s1.